The lowest BCUT2D eigenvalue weighted by Crippen LogP contribution is -2.41. The van der Waals surface area contributed by atoms with Crippen molar-refractivity contribution in [1.82, 2.24) is 16.0 Å². The highest BCUT2D eigenvalue weighted by Crippen LogP contribution is 2.07. The summed E-state index contributed by atoms with van der Waals surface area (Å²) in [4.78, 5) is 16.6. The zero-order valence-corrected chi connectivity index (χ0v) is 14.8. The molecule has 1 unspecified atom stereocenters. The first kappa shape index (κ1) is 19.0. The summed E-state index contributed by atoms with van der Waals surface area (Å²) in [5, 5.41) is 9.50. The number of hydrogen-bond acceptors (Lipinski definition) is 2. The number of carbonyl (C=O) groups excluding carboxylic acids is 1. The normalized spacial score (nSPS) is 12.6. The van der Waals surface area contributed by atoms with Crippen LogP contribution in [0.5, 0.6) is 0 Å². The molecule has 0 aromatic heterocycles. The van der Waals surface area contributed by atoms with Gasteiger partial charge in [0.25, 0.3) is 5.91 Å². The molecule has 0 aliphatic carbocycles. The van der Waals surface area contributed by atoms with Crippen LogP contribution >= 0.6 is 0 Å². The highest BCUT2D eigenvalue weighted by molar-refractivity contribution is 5.94. The van der Waals surface area contributed by atoms with Crippen molar-refractivity contribution >= 4 is 11.9 Å². The maximum atomic E-state index is 12.0. The Morgan fingerprint density at radius 1 is 1.22 bits per heavy atom. The van der Waals surface area contributed by atoms with Crippen molar-refractivity contribution in [2.45, 2.75) is 53.1 Å². The van der Waals surface area contributed by atoms with Gasteiger partial charge in [-0.25, -0.2) is 4.99 Å². The minimum absolute atomic E-state index is 0.0256. The van der Waals surface area contributed by atoms with E-state index in [1.54, 1.807) is 0 Å². The van der Waals surface area contributed by atoms with Crippen LogP contribution < -0.4 is 16.0 Å². The van der Waals surface area contributed by atoms with Crippen LogP contribution in [-0.4, -0.2) is 31.0 Å². The molecule has 0 aliphatic rings. The van der Waals surface area contributed by atoms with Crippen LogP contribution in [-0.2, 0) is 6.54 Å². The first-order chi connectivity index (χ1) is 11.1. The number of carbonyl (C=O) groups is 1. The van der Waals surface area contributed by atoms with Crippen LogP contribution in [0.15, 0.2) is 29.3 Å². The minimum atomic E-state index is -0.0256. The van der Waals surface area contributed by atoms with E-state index < -0.39 is 0 Å². The molecular formula is C18H30N4O. The largest absolute Gasteiger partial charge is 0.357 e. The van der Waals surface area contributed by atoms with E-state index in [0.29, 0.717) is 24.7 Å². The van der Waals surface area contributed by atoms with Gasteiger partial charge in [0.05, 0.1) is 6.54 Å². The molecule has 0 fully saturated rings. The Balaban J connectivity index is 2.74. The summed E-state index contributed by atoms with van der Waals surface area (Å²) in [5.41, 5.74) is 1.71. The summed E-state index contributed by atoms with van der Waals surface area (Å²) in [7, 11) is 0. The number of aliphatic imine (C=N–C) groups is 1. The van der Waals surface area contributed by atoms with Crippen molar-refractivity contribution in [3.05, 3.63) is 35.4 Å². The van der Waals surface area contributed by atoms with Gasteiger partial charge in [0.2, 0.25) is 0 Å². The molecule has 0 aliphatic heterocycles. The van der Waals surface area contributed by atoms with Crippen LogP contribution in [0.25, 0.3) is 0 Å². The lowest BCUT2D eigenvalue weighted by atomic mass is 10.1. The number of hydrogen-bond donors (Lipinski definition) is 3. The lowest BCUT2D eigenvalue weighted by Gasteiger charge is -2.16. The third-order valence-corrected chi connectivity index (χ3v) is 3.48. The van der Waals surface area contributed by atoms with E-state index in [1.165, 1.54) is 0 Å². The third kappa shape index (κ3) is 7.17. The molecular weight excluding hydrogens is 288 g/mol. The summed E-state index contributed by atoms with van der Waals surface area (Å²) in [6, 6.07) is 8.01. The maximum Gasteiger partial charge on any atom is 0.251 e. The van der Waals surface area contributed by atoms with Gasteiger partial charge in [-0.05, 0) is 44.4 Å². The average molecular weight is 318 g/mol. The molecule has 23 heavy (non-hydrogen) atoms. The van der Waals surface area contributed by atoms with E-state index in [4.69, 9.17) is 0 Å². The van der Waals surface area contributed by atoms with Crippen molar-refractivity contribution in [1.29, 1.82) is 0 Å². The fourth-order valence-corrected chi connectivity index (χ4v) is 1.98. The van der Waals surface area contributed by atoms with Gasteiger partial charge in [0.15, 0.2) is 5.96 Å². The third-order valence-electron chi connectivity index (χ3n) is 3.48. The van der Waals surface area contributed by atoms with Crippen LogP contribution in [0.2, 0.25) is 0 Å². The number of amides is 1. The van der Waals surface area contributed by atoms with E-state index in [9.17, 15) is 4.79 Å². The van der Waals surface area contributed by atoms with Crippen molar-refractivity contribution in [2.24, 2.45) is 4.99 Å². The molecule has 0 heterocycles. The van der Waals surface area contributed by atoms with Gasteiger partial charge in [-0.15, -0.1) is 0 Å². The van der Waals surface area contributed by atoms with Gasteiger partial charge < -0.3 is 16.0 Å². The van der Waals surface area contributed by atoms with Gasteiger partial charge in [0, 0.05) is 24.7 Å². The summed E-state index contributed by atoms with van der Waals surface area (Å²) < 4.78 is 0. The first-order valence-corrected chi connectivity index (χ1v) is 8.52. The molecule has 5 nitrogen and oxygen atoms in total. The van der Waals surface area contributed by atoms with E-state index in [2.05, 4.69) is 34.8 Å². The SMILES string of the molecule is CCCNC(=O)c1cccc(CN=C(NCC)NC(C)CC)c1. The second-order valence-electron chi connectivity index (χ2n) is 5.61. The Kier molecular flexibility index (Phi) is 8.80. The van der Waals surface area contributed by atoms with Crippen molar-refractivity contribution < 1.29 is 4.79 Å². The molecule has 0 saturated carbocycles. The van der Waals surface area contributed by atoms with Gasteiger partial charge in [-0.2, -0.15) is 0 Å². The molecule has 0 spiro atoms. The Bertz CT molecular complexity index is 513. The smallest absolute Gasteiger partial charge is 0.251 e. The van der Waals surface area contributed by atoms with E-state index in [1.807, 2.05) is 38.1 Å². The molecule has 1 aromatic rings. The Morgan fingerprint density at radius 2 is 2.00 bits per heavy atom. The zero-order chi connectivity index (χ0) is 17.1. The summed E-state index contributed by atoms with van der Waals surface area (Å²) in [6.07, 6.45) is 1.97. The molecule has 128 valence electrons. The molecule has 3 N–H and O–H groups in total. The highest BCUT2D eigenvalue weighted by Gasteiger charge is 2.06. The summed E-state index contributed by atoms with van der Waals surface area (Å²) in [6.45, 7) is 10.4. The molecule has 0 bridgehead atoms. The van der Waals surface area contributed by atoms with Gasteiger partial charge in [0.1, 0.15) is 0 Å². The molecule has 1 aromatic carbocycles. The predicted octanol–water partition coefficient (Wildman–Crippen LogP) is 2.68. The van der Waals surface area contributed by atoms with Crippen molar-refractivity contribution in [3.63, 3.8) is 0 Å². The first-order valence-electron chi connectivity index (χ1n) is 8.52. The van der Waals surface area contributed by atoms with Gasteiger partial charge in [-0.3, -0.25) is 4.79 Å². The van der Waals surface area contributed by atoms with Crippen LogP contribution in [0, 0.1) is 0 Å². The van der Waals surface area contributed by atoms with Gasteiger partial charge in [-0.1, -0.05) is 26.0 Å². The lowest BCUT2D eigenvalue weighted by molar-refractivity contribution is 0.0953. The second kappa shape index (κ2) is 10.6. The number of rotatable bonds is 8. The quantitative estimate of drug-likeness (QED) is 0.510. The molecule has 1 amide bonds. The minimum Gasteiger partial charge on any atom is -0.357 e. The highest BCUT2D eigenvalue weighted by atomic mass is 16.1. The van der Waals surface area contributed by atoms with E-state index in [0.717, 1.165) is 30.9 Å². The molecule has 0 saturated heterocycles. The fraction of sp³-hybridized carbons (Fsp3) is 0.556. The summed E-state index contributed by atoms with van der Waals surface area (Å²) >= 11 is 0. The van der Waals surface area contributed by atoms with Crippen LogP contribution in [0.1, 0.15) is 56.5 Å². The predicted molar refractivity (Wildman–Crippen MR) is 96.8 cm³/mol. The van der Waals surface area contributed by atoms with Crippen LogP contribution in [0.3, 0.4) is 0 Å². The average Bonchev–Trinajstić information content (AvgIpc) is 2.57. The van der Waals surface area contributed by atoms with Crippen LogP contribution in [0.4, 0.5) is 0 Å². The number of guanidine groups is 1. The topological polar surface area (TPSA) is 65.5 Å². The molecule has 1 rings (SSSR count). The number of nitrogens with one attached hydrogen (secondary N) is 3. The zero-order valence-electron chi connectivity index (χ0n) is 14.8. The standard InChI is InChI=1S/C18H30N4O/c1-5-11-20-17(23)16-10-8-9-15(12-16)13-21-18(19-7-3)22-14(4)6-2/h8-10,12,14H,5-7,11,13H2,1-4H3,(H,20,23)(H2,19,21,22). The number of benzene rings is 1. The summed E-state index contributed by atoms with van der Waals surface area (Å²) in [5.74, 6) is 0.782. The molecule has 1 atom stereocenters. The maximum absolute atomic E-state index is 12.0. The van der Waals surface area contributed by atoms with E-state index >= 15 is 0 Å². The fourth-order valence-electron chi connectivity index (χ4n) is 1.98. The van der Waals surface area contributed by atoms with E-state index in [-0.39, 0.29) is 5.91 Å². The molecule has 0 radical (unpaired) electrons. The Hall–Kier alpha value is -2.04. The van der Waals surface area contributed by atoms with Crippen molar-refractivity contribution in [2.75, 3.05) is 13.1 Å². The second-order valence-corrected chi connectivity index (χ2v) is 5.61. The number of nitrogens with zero attached hydrogens (tertiary/aromatic N) is 1. The van der Waals surface area contributed by atoms with Crippen molar-refractivity contribution in [3.8, 4) is 0 Å². The monoisotopic (exact) mass is 318 g/mol. The van der Waals surface area contributed by atoms with Gasteiger partial charge >= 0.3 is 0 Å². The molecule has 5 heteroatoms. The Morgan fingerprint density at radius 3 is 2.65 bits per heavy atom. The Labute approximate surface area is 140 Å².